The number of unbranched alkanes of at least 4 members (excludes halogenated alkanes) is 16. The molecule has 1 aliphatic rings. The summed E-state index contributed by atoms with van der Waals surface area (Å²) in [6.07, 6.45) is 49.8. The Morgan fingerprint density at radius 2 is 0.837 bits per heavy atom. The molecule has 0 saturated carbocycles. The zero-order chi connectivity index (χ0) is 31.1. The molecule has 43 heavy (non-hydrogen) atoms. The topological polar surface area (TPSA) is 30.5 Å². The van der Waals surface area contributed by atoms with Crippen molar-refractivity contribution in [1.29, 1.82) is 0 Å². The number of rotatable bonds is 30. The van der Waals surface area contributed by atoms with Gasteiger partial charge in [-0.2, -0.15) is 0 Å². The highest BCUT2D eigenvalue weighted by atomic mass is 16.8. The van der Waals surface area contributed by atoms with Gasteiger partial charge in [0.1, 0.15) is 0 Å². The lowest BCUT2D eigenvalue weighted by atomic mass is 9.99. The van der Waals surface area contributed by atoms with Crippen LogP contribution in [0, 0.1) is 0 Å². The van der Waals surface area contributed by atoms with E-state index in [4.69, 9.17) is 9.47 Å². The zero-order valence-corrected chi connectivity index (χ0v) is 29.3. The van der Waals surface area contributed by atoms with Gasteiger partial charge in [-0.3, -0.25) is 0 Å². The highest BCUT2D eigenvalue weighted by molar-refractivity contribution is 4.93. The molecule has 0 aromatic heterocycles. The van der Waals surface area contributed by atoms with Gasteiger partial charge in [-0.25, -0.2) is 0 Å². The van der Waals surface area contributed by atoms with Crippen molar-refractivity contribution < 1.29 is 9.47 Å². The summed E-state index contributed by atoms with van der Waals surface area (Å²) < 4.78 is 13.0. The molecule has 1 fully saturated rings. The fourth-order valence-corrected chi connectivity index (χ4v) is 6.03. The third-order valence-electron chi connectivity index (χ3n) is 8.59. The number of allylic oxidation sites excluding steroid dienone is 8. The van der Waals surface area contributed by atoms with E-state index in [0.29, 0.717) is 0 Å². The Hall–Kier alpha value is -1.16. The van der Waals surface area contributed by atoms with E-state index in [9.17, 15) is 0 Å². The monoisotopic (exact) mass is 600 g/mol. The van der Waals surface area contributed by atoms with E-state index in [1.807, 2.05) is 7.05 Å². The van der Waals surface area contributed by atoms with E-state index in [2.05, 4.69) is 74.7 Å². The van der Waals surface area contributed by atoms with E-state index in [1.165, 1.54) is 128 Å². The number of hydrogen-bond acceptors (Lipinski definition) is 3. The number of likely N-dealkylation sites (N-methyl/N-ethyl adjacent to an activating group) is 1. The highest BCUT2D eigenvalue weighted by Crippen LogP contribution is 2.34. The number of hydrogen-bond donors (Lipinski definition) is 1. The minimum absolute atomic E-state index is 0.252. The van der Waals surface area contributed by atoms with Crippen LogP contribution in [0.2, 0.25) is 0 Å². The van der Waals surface area contributed by atoms with Crippen molar-refractivity contribution in [3.8, 4) is 0 Å². The average molecular weight is 600 g/mol. The van der Waals surface area contributed by atoms with Crippen molar-refractivity contribution in [3.05, 3.63) is 48.6 Å². The van der Waals surface area contributed by atoms with Crippen LogP contribution >= 0.6 is 0 Å². The lowest BCUT2D eigenvalue weighted by molar-refractivity contribution is -0.157. The molecule has 0 bridgehead atoms. The van der Waals surface area contributed by atoms with E-state index in [1.54, 1.807) is 0 Å². The molecule has 1 heterocycles. The van der Waals surface area contributed by atoms with Crippen LogP contribution < -0.4 is 5.32 Å². The molecule has 0 amide bonds. The second-order valence-corrected chi connectivity index (χ2v) is 13.0. The minimum Gasteiger partial charge on any atom is -0.343 e. The zero-order valence-electron chi connectivity index (χ0n) is 29.3. The average Bonchev–Trinajstić information content (AvgIpc) is 3.31. The van der Waals surface area contributed by atoms with Crippen LogP contribution in [0.4, 0.5) is 0 Å². The van der Waals surface area contributed by atoms with Crippen molar-refractivity contribution in [1.82, 2.24) is 5.32 Å². The Bertz CT molecular complexity index is 655. The maximum absolute atomic E-state index is 6.48. The van der Waals surface area contributed by atoms with Crippen LogP contribution in [-0.2, 0) is 9.47 Å². The van der Waals surface area contributed by atoms with Gasteiger partial charge in [0.25, 0.3) is 0 Å². The van der Waals surface area contributed by atoms with Crippen molar-refractivity contribution in [2.75, 3.05) is 13.6 Å². The quantitative estimate of drug-likeness (QED) is 0.0658. The highest BCUT2D eigenvalue weighted by Gasteiger charge is 2.43. The molecule has 2 atom stereocenters. The molecule has 1 rings (SSSR count). The van der Waals surface area contributed by atoms with Gasteiger partial charge in [0, 0.05) is 6.54 Å². The van der Waals surface area contributed by atoms with Crippen LogP contribution in [-0.4, -0.2) is 31.6 Å². The molecule has 2 unspecified atom stereocenters. The molecular weight excluding hydrogens is 526 g/mol. The maximum Gasteiger partial charge on any atom is 0.178 e. The summed E-state index contributed by atoms with van der Waals surface area (Å²) in [5, 5.41) is 3.27. The second kappa shape index (κ2) is 29.5. The summed E-state index contributed by atoms with van der Waals surface area (Å²) in [5.41, 5.74) is 0. The Kier molecular flexibility index (Phi) is 27.4. The van der Waals surface area contributed by atoms with Gasteiger partial charge in [0.2, 0.25) is 0 Å². The lowest BCUT2D eigenvalue weighted by Gasteiger charge is -2.23. The SMILES string of the molecule is CCCCC/C=C\C/C=C\CCCCCCCC1OC(C)(CNC)OC1CCCCCCC/C=C\C/C=C\CCCCC. The molecule has 0 spiro atoms. The molecular formula is C40H73NO2. The summed E-state index contributed by atoms with van der Waals surface area (Å²) in [6, 6.07) is 0. The Balaban J connectivity index is 2.11. The van der Waals surface area contributed by atoms with Crippen LogP contribution in [0.3, 0.4) is 0 Å². The van der Waals surface area contributed by atoms with Crippen molar-refractivity contribution >= 4 is 0 Å². The van der Waals surface area contributed by atoms with E-state index in [-0.39, 0.29) is 12.2 Å². The second-order valence-electron chi connectivity index (χ2n) is 13.0. The third kappa shape index (κ3) is 23.8. The number of ether oxygens (including phenoxy) is 2. The molecule has 1 N–H and O–H groups in total. The van der Waals surface area contributed by atoms with Crippen LogP contribution in [0.1, 0.15) is 175 Å². The molecule has 0 radical (unpaired) electrons. The molecule has 1 saturated heterocycles. The van der Waals surface area contributed by atoms with Gasteiger partial charge in [-0.1, -0.05) is 140 Å². The number of nitrogens with one attached hydrogen (secondary N) is 1. The van der Waals surface area contributed by atoms with Crippen molar-refractivity contribution in [2.45, 2.75) is 193 Å². The first-order chi connectivity index (χ1) is 21.1. The summed E-state index contributed by atoms with van der Waals surface area (Å²) >= 11 is 0. The fraction of sp³-hybridized carbons (Fsp3) is 0.800. The van der Waals surface area contributed by atoms with Gasteiger partial charge in [0.05, 0.1) is 12.2 Å². The Morgan fingerprint density at radius 1 is 0.488 bits per heavy atom. The van der Waals surface area contributed by atoms with E-state index in [0.717, 1.165) is 32.2 Å². The predicted molar refractivity (Wildman–Crippen MR) is 191 cm³/mol. The predicted octanol–water partition coefficient (Wildman–Crippen LogP) is 12.3. The fourth-order valence-electron chi connectivity index (χ4n) is 6.03. The normalized spacial score (nSPS) is 21.1. The molecule has 3 heteroatoms. The summed E-state index contributed by atoms with van der Waals surface area (Å²) in [4.78, 5) is 0. The Labute approximate surface area is 269 Å². The Morgan fingerprint density at radius 3 is 1.21 bits per heavy atom. The van der Waals surface area contributed by atoms with Gasteiger partial charge in [-0.05, 0) is 91.0 Å². The lowest BCUT2D eigenvalue weighted by Crippen LogP contribution is -2.38. The summed E-state index contributed by atoms with van der Waals surface area (Å²) in [7, 11) is 1.99. The smallest absolute Gasteiger partial charge is 0.178 e. The summed E-state index contributed by atoms with van der Waals surface area (Å²) in [6.45, 7) is 7.40. The minimum atomic E-state index is -0.474. The van der Waals surface area contributed by atoms with Crippen molar-refractivity contribution in [2.24, 2.45) is 0 Å². The molecule has 3 nitrogen and oxygen atoms in total. The standard InChI is InChI=1S/C40H73NO2/c1-5-7-9-11-13-15-17-19-21-23-25-27-29-31-33-35-38-39(43-40(3,42-38)37-41-4)36-34-32-30-28-26-24-22-20-18-16-14-12-10-8-6-2/h13-16,19-22,38-39,41H,5-12,17-18,23-37H2,1-4H3/b15-13-,16-14-,21-19-,22-20-. The van der Waals surface area contributed by atoms with Gasteiger partial charge >= 0.3 is 0 Å². The molecule has 250 valence electrons. The first kappa shape index (κ1) is 39.9. The van der Waals surface area contributed by atoms with Crippen LogP contribution in [0.25, 0.3) is 0 Å². The van der Waals surface area contributed by atoms with Crippen LogP contribution in [0.5, 0.6) is 0 Å². The first-order valence-corrected chi connectivity index (χ1v) is 18.8. The maximum atomic E-state index is 6.48. The van der Waals surface area contributed by atoms with E-state index >= 15 is 0 Å². The molecule has 0 aromatic carbocycles. The molecule has 1 aliphatic heterocycles. The molecule has 0 aromatic rings. The largest absolute Gasteiger partial charge is 0.343 e. The van der Waals surface area contributed by atoms with Gasteiger partial charge < -0.3 is 14.8 Å². The van der Waals surface area contributed by atoms with E-state index < -0.39 is 5.79 Å². The first-order valence-electron chi connectivity index (χ1n) is 18.8. The third-order valence-corrected chi connectivity index (χ3v) is 8.59. The van der Waals surface area contributed by atoms with Gasteiger partial charge in [-0.15, -0.1) is 0 Å². The van der Waals surface area contributed by atoms with Crippen LogP contribution in [0.15, 0.2) is 48.6 Å². The van der Waals surface area contributed by atoms with Crippen molar-refractivity contribution in [3.63, 3.8) is 0 Å². The summed E-state index contributed by atoms with van der Waals surface area (Å²) in [5.74, 6) is -0.474. The molecule has 0 aliphatic carbocycles. The van der Waals surface area contributed by atoms with Gasteiger partial charge in [0.15, 0.2) is 5.79 Å².